The second-order valence-electron chi connectivity index (χ2n) is 13.0. The van der Waals surface area contributed by atoms with Gasteiger partial charge in [0.1, 0.15) is 28.2 Å². The number of aromatic nitrogens is 5. The van der Waals surface area contributed by atoms with Gasteiger partial charge in [-0.1, -0.05) is 109 Å². The Balaban J connectivity index is 1.12. The van der Waals surface area contributed by atoms with E-state index in [4.69, 9.17) is 28.8 Å². The van der Waals surface area contributed by atoms with Crippen LogP contribution in [0.15, 0.2) is 173 Å². The molecule has 7 aromatic carbocycles. The summed E-state index contributed by atoms with van der Waals surface area (Å²) < 4.78 is 15.0. The second kappa shape index (κ2) is 11.6. The molecule has 0 aliphatic carbocycles. The van der Waals surface area contributed by atoms with Crippen LogP contribution in [0.1, 0.15) is 0 Å². The molecule has 11 rings (SSSR count). The molecular weight excluding hydrogens is 655 g/mol. The summed E-state index contributed by atoms with van der Waals surface area (Å²) in [5.41, 5.74) is 9.70. The van der Waals surface area contributed by atoms with Gasteiger partial charge in [0.2, 0.25) is 0 Å². The molecule has 11 aromatic rings. The van der Waals surface area contributed by atoms with E-state index in [1.807, 2.05) is 109 Å². The molecule has 7 heteroatoms. The van der Waals surface area contributed by atoms with E-state index in [0.29, 0.717) is 17.5 Å². The number of nitrogens with zero attached hydrogens (tertiary/aromatic N) is 5. The molecular formula is C46H27N5O2. The van der Waals surface area contributed by atoms with Gasteiger partial charge < -0.3 is 8.83 Å². The Morgan fingerprint density at radius 3 is 1.74 bits per heavy atom. The minimum atomic E-state index is 0.557. The quantitative estimate of drug-likeness (QED) is 0.180. The molecule has 0 bridgehead atoms. The number of benzene rings is 7. The maximum atomic E-state index is 6.60. The molecule has 4 heterocycles. The van der Waals surface area contributed by atoms with Crippen molar-refractivity contribution in [1.29, 1.82) is 0 Å². The fraction of sp³-hybridized carbons (Fsp3) is 0. The first-order chi connectivity index (χ1) is 26.3. The number of imidazole rings is 1. The molecule has 0 saturated carbocycles. The minimum absolute atomic E-state index is 0.557. The summed E-state index contributed by atoms with van der Waals surface area (Å²) in [6, 6.07) is 55.0. The molecule has 0 amide bonds. The SMILES string of the molecule is c1ccc(-c2nc(-c3cccc4oc5ccccc5c34)nc(-c3cccc4oc5cc(-c6nc7ccccc7n6-c6ccccc6)ccc5c34)n2)cc1. The molecule has 0 aliphatic heterocycles. The number of furan rings is 2. The number of rotatable bonds is 5. The molecule has 248 valence electrons. The van der Waals surface area contributed by atoms with E-state index in [-0.39, 0.29) is 0 Å². The Morgan fingerprint density at radius 2 is 0.981 bits per heavy atom. The topological polar surface area (TPSA) is 82.8 Å². The monoisotopic (exact) mass is 681 g/mol. The first-order valence-electron chi connectivity index (χ1n) is 17.5. The van der Waals surface area contributed by atoms with Crippen LogP contribution >= 0.6 is 0 Å². The summed E-state index contributed by atoms with van der Waals surface area (Å²) in [4.78, 5) is 20.4. The van der Waals surface area contributed by atoms with E-state index in [1.54, 1.807) is 0 Å². The molecule has 0 radical (unpaired) electrons. The lowest BCUT2D eigenvalue weighted by atomic mass is 10.0. The highest BCUT2D eigenvalue weighted by molar-refractivity contribution is 6.13. The first kappa shape index (κ1) is 29.4. The number of fused-ring (bicyclic) bond motifs is 7. The lowest BCUT2D eigenvalue weighted by molar-refractivity contribution is 0.668. The average Bonchev–Trinajstić information content (AvgIpc) is 3.92. The van der Waals surface area contributed by atoms with Crippen molar-refractivity contribution < 1.29 is 8.83 Å². The van der Waals surface area contributed by atoms with Gasteiger partial charge in [-0.25, -0.2) is 19.9 Å². The summed E-state index contributed by atoms with van der Waals surface area (Å²) in [5.74, 6) is 2.55. The van der Waals surface area contributed by atoms with Crippen LogP contribution in [0.2, 0.25) is 0 Å². The molecule has 0 saturated heterocycles. The Kier molecular flexibility index (Phi) is 6.42. The average molecular weight is 682 g/mol. The maximum absolute atomic E-state index is 6.60. The Bertz CT molecular complexity index is 3180. The van der Waals surface area contributed by atoms with Gasteiger partial charge in [0.25, 0.3) is 0 Å². The number of hydrogen-bond donors (Lipinski definition) is 0. The zero-order chi connectivity index (χ0) is 34.9. The summed E-state index contributed by atoms with van der Waals surface area (Å²) in [5, 5.41) is 3.89. The van der Waals surface area contributed by atoms with Gasteiger partial charge in [-0.2, -0.15) is 0 Å². The summed E-state index contributed by atoms with van der Waals surface area (Å²) in [6.07, 6.45) is 0. The summed E-state index contributed by atoms with van der Waals surface area (Å²) in [6.45, 7) is 0. The zero-order valence-corrected chi connectivity index (χ0v) is 28.1. The molecule has 4 aromatic heterocycles. The van der Waals surface area contributed by atoms with Crippen LogP contribution in [0.4, 0.5) is 0 Å². The van der Waals surface area contributed by atoms with Crippen LogP contribution in [0.5, 0.6) is 0 Å². The second-order valence-corrected chi connectivity index (χ2v) is 13.0. The van der Waals surface area contributed by atoms with Crippen molar-refractivity contribution in [2.24, 2.45) is 0 Å². The maximum Gasteiger partial charge on any atom is 0.164 e. The van der Waals surface area contributed by atoms with Crippen molar-refractivity contribution in [2.45, 2.75) is 0 Å². The van der Waals surface area contributed by atoms with E-state index in [2.05, 4.69) is 59.2 Å². The predicted octanol–water partition coefficient (Wildman–Crippen LogP) is 11.7. The van der Waals surface area contributed by atoms with Gasteiger partial charge in [0.05, 0.1) is 11.0 Å². The fourth-order valence-corrected chi connectivity index (χ4v) is 7.50. The van der Waals surface area contributed by atoms with Gasteiger partial charge in [-0.3, -0.25) is 4.57 Å². The van der Waals surface area contributed by atoms with Crippen molar-refractivity contribution in [1.82, 2.24) is 24.5 Å². The van der Waals surface area contributed by atoms with Crippen molar-refractivity contribution in [3.63, 3.8) is 0 Å². The fourth-order valence-electron chi connectivity index (χ4n) is 7.50. The first-order valence-corrected chi connectivity index (χ1v) is 17.5. The molecule has 0 unspecified atom stereocenters. The lowest BCUT2D eigenvalue weighted by Gasteiger charge is -2.10. The van der Waals surface area contributed by atoms with Gasteiger partial charge in [-0.15, -0.1) is 0 Å². The standard InChI is InChI=1S/C46H27N5O2/c1-3-13-28(14-4-1)43-48-44(33-18-11-23-38-41(33)31-17-7-10-22-37(31)52-38)50-45(49-43)34-19-12-24-39-42(34)32-26-25-29(27-40(32)53-39)46-47-35-20-8-9-21-36(35)51(46)30-15-5-2-6-16-30/h1-27H. The lowest BCUT2D eigenvalue weighted by Crippen LogP contribution is -2.00. The predicted molar refractivity (Wildman–Crippen MR) is 211 cm³/mol. The number of para-hydroxylation sites is 4. The summed E-state index contributed by atoms with van der Waals surface area (Å²) >= 11 is 0. The van der Waals surface area contributed by atoms with Gasteiger partial charge in [-0.05, 0) is 54.6 Å². The van der Waals surface area contributed by atoms with Crippen LogP contribution in [0.3, 0.4) is 0 Å². The molecule has 7 nitrogen and oxygen atoms in total. The van der Waals surface area contributed by atoms with E-state index in [1.165, 1.54) is 0 Å². The largest absolute Gasteiger partial charge is 0.456 e. The highest BCUT2D eigenvalue weighted by atomic mass is 16.3. The highest BCUT2D eigenvalue weighted by Crippen LogP contribution is 2.40. The van der Waals surface area contributed by atoms with Crippen molar-refractivity contribution >= 4 is 54.9 Å². The normalized spacial score (nSPS) is 11.8. The molecule has 0 fully saturated rings. The molecule has 0 N–H and O–H groups in total. The van der Waals surface area contributed by atoms with Crippen LogP contribution in [0, 0.1) is 0 Å². The smallest absolute Gasteiger partial charge is 0.164 e. The zero-order valence-electron chi connectivity index (χ0n) is 28.1. The van der Waals surface area contributed by atoms with Gasteiger partial charge in [0, 0.05) is 49.5 Å². The van der Waals surface area contributed by atoms with Crippen molar-refractivity contribution in [3.8, 4) is 51.2 Å². The van der Waals surface area contributed by atoms with E-state index in [9.17, 15) is 0 Å². The Labute approximate surface area is 302 Å². The molecule has 0 aliphatic rings. The van der Waals surface area contributed by atoms with E-state index >= 15 is 0 Å². The van der Waals surface area contributed by atoms with Crippen molar-refractivity contribution in [2.75, 3.05) is 0 Å². The van der Waals surface area contributed by atoms with E-state index in [0.717, 1.165) is 88.7 Å². The molecule has 53 heavy (non-hydrogen) atoms. The molecule has 0 atom stereocenters. The summed E-state index contributed by atoms with van der Waals surface area (Å²) in [7, 11) is 0. The van der Waals surface area contributed by atoms with Crippen LogP contribution in [-0.2, 0) is 0 Å². The minimum Gasteiger partial charge on any atom is -0.456 e. The Morgan fingerprint density at radius 1 is 0.396 bits per heavy atom. The van der Waals surface area contributed by atoms with Crippen LogP contribution < -0.4 is 0 Å². The van der Waals surface area contributed by atoms with Crippen LogP contribution in [0.25, 0.3) is 106 Å². The third-order valence-corrected chi connectivity index (χ3v) is 9.88. The molecule has 0 spiro atoms. The third kappa shape index (κ3) is 4.68. The van der Waals surface area contributed by atoms with Crippen LogP contribution in [-0.4, -0.2) is 24.5 Å². The van der Waals surface area contributed by atoms with Gasteiger partial charge >= 0.3 is 0 Å². The van der Waals surface area contributed by atoms with Crippen molar-refractivity contribution in [3.05, 3.63) is 164 Å². The highest BCUT2D eigenvalue weighted by Gasteiger charge is 2.21. The number of hydrogen-bond acceptors (Lipinski definition) is 6. The third-order valence-electron chi connectivity index (χ3n) is 9.88. The Hall–Kier alpha value is -7.38. The van der Waals surface area contributed by atoms with E-state index < -0.39 is 0 Å². The van der Waals surface area contributed by atoms with Gasteiger partial charge in [0.15, 0.2) is 17.5 Å².